The van der Waals surface area contributed by atoms with Crippen LogP contribution >= 0.6 is 43.5 Å². The zero-order valence-corrected chi connectivity index (χ0v) is 14.8. The molecule has 2 bridgehead atoms. The summed E-state index contributed by atoms with van der Waals surface area (Å²) in [5.41, 5.74) is 0.625. The average Bonchev–Trinajstić information content (AvgIpc) is 3.06. The maximum Gasteiger partial charge on any atom is 0.238 e. The fourth-order valence-electron chi connectivity index (χ4n) is 4.19. The molecule has 3 aliphatic rings. The molecular formula is C15H12Br2ClNO2. The lowest BCUT2D eigenvalue weighted by molar-refractivity contribution is -0.123. The number of carbonyl (C=O) groups excluding carboxylic acids is 2. The van der Waals surface area contributed by atoms with Gasteiger partial charge in [0.25, 0.3) is 0 Å². The summed E-state index contributed by atoms with van der Waals surface area (Å²) in [4.78, 5) is 27.4. The van der Waals surface area contributed by atoms with Crippen molar-refractivity contribution in [1.82, 2.24) is 0 Å². The second kappa shape index (κ2) is 4.80. The van der Waals surface area contributed by atoms with E-state index in [-0.39, 0.29) is 45.1 Å². The number of carbonyl (C=O) groups is 2. The minimum atomic E-state index is -0.170. The van der Waals surface area contributed by atoms with Gasteiger partial charge in [-0.15, -0.1) is 0 Å². The molecule has 6 atom stereocenters. The van der Waals surface area contributed by atoms with Gasteiger partial charge >= 0.3 is 0 Å². The minimum Gasteiger partial charge on any atom is -0.274 e. The molecule has 110 valence electrons. The van der Waals surface area contributed by atoms with Crippen LogP contribution in [0.4, 0.5) is 5.69 Å². The number of hydrogen-bond donors (Lipinski definition) is 0. The van der Waals surface area contributed by atoms with Gasteiger partial charge in [-0.3, -0.25) is 14.5 Å². The van der Waals surface area contributed by atoms with Crippen molar-refractivity contribution in [3.63, 3.8) is 0 Å². The highest BCUT2D eigenvalue weighted by Crippen LogP contribution is 2.60. The van der Waals surface area contributed by atoms with Crippen LogP contribution in [0.15, 0.2) is 24.3 Å². The van der Waals surface area contributed by atoms with Gasteiger partial charge in [0, 0.05) is 14.7 Å². The van der Waals surface area contributed by atoms with Crippen molar-refractivity contribution in [3.8, 4) is 0 Å². The van der Waals surface area contributed by atoms with Crippen LogP contribution in [-0.4, -0.2) is 21.5 Å². The molecule has 3 fully saturated rings. The number of benzene rings is 1. The summed E-state index contributed by atoms with van der Waals surface area (Å²) >= 11 is 13.2. The van der Waals surface area contributed by atoms with Crippen molar-refractivity contribution in [3.05, 3.63) is 29.3 Å². The van der Waals surface area contributed by atoms with Gasteiger partial charge in [-0.25, -0.2) is 0 Å². The number of halogens is 3. The minimum absolute atomic E-state index is 0.0522. The van der Waals surface area contributed by atoms with Gasteiger partial charge in [-0.1, -0.05) is 43.5 Å². The molecule has 2 amide bonds. The van der Waals surface area contributed by atoms with E-state index >= 15 is 0 Å². The quantitative estimate of drug-likeness (QED) is 0.501. The van der Waals surface area contributed by atoms with Crippen LogP contribution in [0.3, 0.4) is 0 Å². The normalized spacial score (nSPS) is 41.0. The summed E-state index contributed by atoms with van der Waals surface area (Å²) in [6, 6.07) is 6.89. The molecule has 1 aliphatic heterocycles. The Balaban J connectivity index is 1.73. The second-order valence-corrected chi connectivity index (χ2v) is 8.54. The Morgan fingerprint density at radius 1 is 0.952 bits per heavy atom. The number of alkyl halides is 2. The van der Waals surface area contributed by atoms with Crippen molar-refractivity contribution < 1.29 is 9.59 Å². The molecular weight excluding hydrogens is 421 g/mol. The van der Waals surface area contributed by atoms with E-state index in [4.69, 9.17) is 11.6 Å². The molecule has 1 aromatic carbocycles. The lowest BCUT2D eigenvalue weighted by atomic mass is 9.81. The molecule has 0 N–H and O–H groups in total. The third-order valence-corrected chi connectivity index (χ3v) is 8.53. The third kappa shape index (κ3) is 1.83. The summed E-state index contributed by atoms with van der Waals surface area (Å²) in [5.74, 6) is 0.0521. The summed E-state index contributed by atoms with van der Waals surface area (Å²) < 4.78 is 0. The lowest BCUT2D eigenvalue weighted by Gasteiger charge is -2.28. The van der Waals surface area contributed by atoms with E-state index in [1.54, 1.807) is 24.3 Å². The molecule has 0 aromatic heterocycles. The van der Waals surface area contributed by atoms with Crippen LogP contribution < -0.4 is 4.90 Å². The molecule has 0 spiro atoms. The molecule has 4 rings (SSSR count). The SMILES string of the molecule is O=C1[C@@H]2[C@H]3C[C@H]([C@H](Br)[C@@H]3Br)[C@@H]2C(=O)N1c1ccc(Cl)cc1. The lowest BCUT2D eigenvalue weighted by Crippen LogP contribution is -2.37. The maximum absolute atomic E-state index is 12.8. The Labute approximate surface area is 144 Å². The van der Waals surface area contributed by atoms with Gasteiger partial charge < -0.3 is 0 Å². The molecule has 0 unspecified atom stereocenters. The first-order chi connectivity index (χ1) is 10.0. The third-order valence-electron chi connectivity index (χ3n) is 5.07. The highest BCUT2D eigenvalue weighted by atomic mass is 79.9. The first-order valence-corrected chi connectivity index (χ1v) is 9.13. The molecule has 3 nitrogen and oxygen atoms in total. The molecule has 6 heteroatoms. The highest BCUT2D eigenvalue weighted by Gasteiger charge is 2.66. The molecule has 21 heavy (non-hydrogen) atoms. The molecule has 2 saturated carbocycles. The Morgan fingerprint density at radius 3 is 1.90 bits per heavy atom. The van der Waals surface area contributed by atoms with E-state index in [1.165, 1.54) is 4.90 Å². The van der Waals surface area contributed by atoms with Crippen LogP contribution in [0.5, 0.6) is 0 Å². The smallest absolute Gasteiger partial charge is 0.238 e. The fraction of sp³-hybridized carbons (Fsp3) is 0.467. The van der Waals surface area contributed by atoms with Crippen LogP contribution in [-0.2, 0) is 9.59 Å². The zero-order valence-electron chi connectivity index (χ0n) is 10.9. The van der Waals surface area contributed by atoms with Crippen molar-refractivity contribution >= 4 is 61.0 Å². The number of anilines is 1. The van der Waals surface area contributed by atoms with E-state index in [9.17, 15) is 9.59 Å². The van der Waals surface area contributed by atoms with Gasteiger partial charge in [0.1, 0.15) is 0 Å². The van der Waals surface area contributed by atoms with Gasteiger partial charge in [0.15, 0.2) is 0 Å². The zero-order chi connectivity index (χ0) is 14.9. The predicted octanol–water partition coefficient (Wildman–Crippen LogP) is 3.62. The maximum atomic E-state index is 12.8. The van der Waals surface area contributed by atoms with Crippen LogP contribution in [0.2, 0.25) is 5.02 Å². The number of hydrogen-bond acceptors (Lipinski definition) is 2. The first-order valence-electron chi connectivity index (χ1n) is 6.92. The molecule has 0 radical (unpaired) electrons. The van der Waals surface area contributed by atoms with Gasteiger partial charge in [-0.2, -0.15) is 0 Å². The summed E-state index contributed by atoms with van der Waals surface area (Å²) in [6.45, 7) is 0. The van der Waals surface area contributed by atoms with Crippen LogP contribution in [0.1, 0.15) is 6.42 Å². The van der Waals surface area contributed by atoms with Gasteiger partial charge in [-0.05, 0) is 42.5 Å². The monoisotopic (exact) mass is 431 g/mol. The van der Waals surface area contributed by atoms with Crippen molar-refractivity contribution in [2.75, 3.05) is 4.90 Å². The van der Waals surface area contributed by atoms with E-state index in [1.807, 2.05) is 0 Å². The molecule has 2 aliphatic carbocycles. The second-order valence-electron chi connectivity index (χ2n) is 5.99. The van der Waals surface area contributed by atoms with Gasteiger partial charge in [0.2, 0.25) is 11.8 Å². The topological polar surface area (TPSA) is 37.4 Å². The first kappa shape index (κ1) is 14.2. The highest BCUT2D eigenvalue weighted by molar-refractivity contribution is 9.12. The molecule has 1 aromatic rings. The summed E-state index contributed by atoms with van der Waals surface area (Å²) in [7, 11) is 0. The fourth-order valence-corrected chi connectivity index (χ4v) is 6.19. The number of amides is 2. The predicted molar refractivity (Wildman–Crippen MR) is 88.0 cm³/mol. The standard InChI is InChI=1S/C15H12Br2ClNO2/c16-12-8-5-9(13(12)17)11-10(8)14(20)19(15(11)21)7-3-1-6(18)2-4-7/h1-4,8-13H,5H2/t8-,9+,10-,11+,12-,13+. The number of imide groups is 1. The Bertz CT molecular complexity index is 603. The average molecular weight is 434 g/mol. The van der Waals surface area contributed by atoms with Gasteiger partial charge in [0.05, 0.1) is 17.5 Å². The number of nitrogens with zero attached hydrogens (tertiary/aromatic N) is 1. The number of fused-ring (bicyclic) bond motifs is 5. The van der Waals surface area contributed by atoms with Crippen LogP contribution in [0.25, 0.3) is 0 Å². The largest absolute Gasteiger partial charge is 0.274 e. The Morgan fingerprint density at radius 2 is 1.43 bits per heavy atom. The summed E-state index contributed by atoms with van der Waals surface area (Å²) in [5, 5.41) is 0.596. The van der Waals surface area contributed by atoms with Crippen molar-refractivity contribution in [1.29, 1.82) is 0 Å². The van der Waals surface area contributed by atoms with Crippen molar-refractivity contribution in [2.24, 2.45) is 23.7 Å². The summed E-state index contributed by atoms with van der Waals surface area (Å²) in [6.07, 6.45) is 0.951. The van der Waals surface area contributed by atoms with E-state index in [0.717, 1.165) is 6.42 Å². The molecule has 1 saturated heterocycles. The van der Waals surface area contributed by atoms with Crippen LogP contribution in [0, 0.1) is 23.7 Å². The van der Waals surface area contributed by atoms with E-state index < -0.39 is 0 Å². The van der Waals surface area contributed by atoms with Crippen molar-refractivity contribution in [2.45, 2.75) is 16.1 Å². The number of rotatable bonds is 1. The Hall–Kier alpha value is -0.390. The molecule has 1 heterocycles. The Kier molecular flexibility index (Phi) is 3.25. The van der Waals surface area contributed by atoms with E-state index in [0.29, 0.717) is 10.7 Å². The van der Waals surface area contributed by atoms with E-state index in [2.05, 4.69) is 31.9 Å².